The first-order valence-electron chi connectivity index (χ1n) is 8.03. The van der Waals surface area contributed by atoms with Crippen LogP contribution in [0.4, 0.5) is 5.69 Å². The van der Waals surface area contributed by atoms with E-state index in [0.29, 0.717) is 0 Å². The predicted molar refractivity (Wildman–Crippen MR) is 92.5 cm³/mol. The number of hydrogen-bond donors (Lipinski definition) is 1. The molecule has 2 heterocycles. The summed E-state index contributed by atoms with van der Waals surface area (Å²) in [4.78, 5) is 10.7. The monoisotopic (exact) mass is 291 g/mol. The Bertz CT molecular complexity index is 826. The molecule has 0 atom stereocenters. The van der Waals surface area contributed by atoms with Crippen LogP contribution in [0.25, 0.3) is 22.4 Å². The van der Waals surface area contributed by atoms with E-state index in [4.69, 9.17) is 4.98 Å². The van der Waals surface area contributed by atoms with Gasteiger partial charge in [0.05, 0.1) is 11.0 Å². The van der Waals surface area contributed by atoms with Crippen LogP contribution in [0.3, 0.4) is 0 Å². The highest BCUT2D eigenvalue weighted by Crippen LogP contribution is 2.30. The van der Waals surface area contributed by atoms with Crippen LogP contribution in [0.15, 0.2) is 36.4 Å². The number of fused-ring (bicyclic) bond motifs is 1. The molecule has 22 heavy (non-hydrogen) atoms. The van der Waals surface area contributed by atoms with E-state index >= 15 is 0 Å². The number of hydrogen-bond acceptors (Lipinski definition) is 2. The van der Waals surface area contributed by atoms with E-state index in [1.807, 2.05) is 0 Å². The van der Waals surface area contributed by atoms with Crippen LogP contribution in [0.2, 0.25) is 0 Å². The van der Waals surface area contributed by atoms with Crippen LogP contribution >= 0.6 is 0 Å². The van der Waals surface area contributed by atoms with Crippen LogP contribution in [-0.2, 0) is 0 Å². The van der Waals surface area contributed by atoms with Crippen molar-refractivity contribution in [3.8, 4) is 11.4 Å². The van der Waals surface area contributed by atoms with Gasteiger partial charge in [0.25, 0.3) is 0 Å². The van der Waals surface area contributed by atoms with Crippen molar-refractivity contribution in [2.45, 2.75) is 26.7 Å². The fraction of sp³-hybridized carbons (Fsp3) is 0.316. The molecule has 0 radical (unpaired) electrons. The number of aromatic nitrogens is 2. The maximum atomic E-state index is 4.75. The number of nitrogens with one attached hydrogen (secondary N) is 1. The molecule has 112 valence electrons. The number of nitrogens with zero attached hydrogens (tertiary/aromatic N) is 2. The second kappa shape index (κ2) is 5.16. The third kappa shape index (κ3) is 2.27. The number of aryl methyl sites for hydroxylation is 2. The zero-order valence-electron chi connectivity index (χ0n) is 13.2. The van der Waals surface area contributed by atoms with Crippen molar-refractivity contribution in [1.29, 1.82) is 0 Å². The predicted octanol–water partition coefficient (Wildman–Crippen LogP) is 4.45. The van der Waals surface area contributed by atoms with Crippen molar-refractivity contribution < 1.29 is 0 Å². The van der Waals surface area contributed by atoms with Crippen LogP contribution in [-0.4, -0.2) is 23.1 Å². The Morgan fingerprint density at radius 1 is 1.00 bits per heavy atom. The summed E-state index contributed by atoms with van der Waals surface area (Å²) in [6.07, 6.45) is 2.60. The lowest BCUT2D eigenvalue weighted by Gasteiger charge is -2.20. The first kappa shape index (κ1) is 13.4. The second-order valence-corrected chi connectivity index (χ2v) is 6.30. The number of rotatable bonds is 2. The Hall–Kier alpha value is -2.29. The molecular formula is C19H21N3. The summed E-state index contributed by atoms with van der Waals surface area (Å²) in [6.45, 7) is 6.64. The van der Waals surface area contributed by atoms with Gasteiger partial charge in [-0.25, -0.2) is 4.98 Å². The van der Waals surface area contributed by atoms with E-state index in [-0.39, 0.29) is 0 Å². The molecule has 3 aromatic rings. The minimum absolute atomic E-state index is 0.959. The van der Waals surface area contributed by atoms with Crippen LogP contribution in [0.5, 0.6) is 0 Å². The Morgan fingerprint density at radius 2 is 1.82 bits per heavy atom. The Morgan fingerprint density at radius 3 is 2.64 bits per heavy atom. The van der Waals surface area contributed by atoms with E-state index in [0.717, 1.165) is 16.9 Å². The molecule has 3 heteroatoms. The van der Waals surface area contributed by atoms with Crippen LogP contribution in [0, 0.1) is 13.8 Å². The third-order valence-corrected chi connectivity index (χ3v) is 4.57. The van der Waals surface area contributed by atoms with Gasteiger partial charge in [0, 0.05) is 24.3 Å². The fourth-order valence-corrected chi connectivity index (χ4v) is 3.32. The fourth-order valence-electron chi connectivity index (χ4n) is 3.32. The van der Waals surface area contributed by atoms with Gasteiger partial charge < -0.3 is 9.88 Å². The van der Waals surface area contributed by atoms with Gasteiger partial charge in [-0.15, -0.1) is 0 Å². The summed E-state index contributed by atoms with van der Waals surface area (Å²) < 4.78 is 0. The minimum Gasteiger partial charge on any atom is -0.371 e. The minimum atomic E-state index is 0.959. The molecule has 1 fully saturated rings. The molecule has 3 nitrogen and oxygen atoms in total. The normalized spacial score (nSPS) is 14.9. The number of anilines is 1. The summed E-state index contributed by atoms with van der Waals surface area (Å²) >= 11 is 0. The van der Waals surface area contributed by atoms with Gasteiger partial charge in [-0.3, -0.25) is 0 Å². The van der Waals surface area contributed by atoms with Crippen molar-refractivity contribution in [3.63, 3.8) is 0 Å². The van der Waals surface area contributed by atoms with Gasteiger partial charge in [0.15, 0.2) is 0 Å². The number of imidazole rings is 1. The highest BCUT2D eigenvalue weighted by atomic mass is 15.1. The number of benzene rings is 2. The molecule has 4 rings (SSSR count). The highest BCUT2D eigenvalue weighted by molar-refractivity contribution is 5.80. The molecule has 0 unspecified atom stereocenters. The van der Waals surface area contributed by atoms with E-state index in [1.54, 1.807) is 0 Å². The molecule has 2 aromatic carbocycles. The average Bonchev–Trinajstić information content (AvgIpc) is 3.16. The zero-order valence-corrected chi connectivity index (χ0v) is 13.2. The average molecular weight is 291 g/mol. The smallest absolute Gasteiger partial charge is 0.138 e. The van der Waals surface area contributed by atoms with Gasteiger partial charge in [0.1, 0.15) is 5.82 Å². The zero-order chi connectivity index (χ0) is 15.1. The van der Waals surface area contributed by atoms with Gasteiger partial charge in [-0.2, -0.15) is 0 Å². The Labute approximate surface area is 131 Å². The molecule has 1 N–H and O–H groups in total. The quantitative estimate of drug-likeness (QED) is 0.756. The van der Waals surface area contributed by atoms with E-state index in [9.17, 15) is 0 Å². The van der Waals surface area contributed by atoms with E-state index in [1.165, 1.54) is 48.3 Å². The topological polar surface area (TPSA) is 31.9 Å². The van der Waals surface area contributed by atoms with Crippen molar-refractivity contribution in [1.82, 2.24) is 9.97 Å². The van der Waals surface area contributed by atoms with Crippen molar-refractivity contribution in [2.75, 3.05) is 18.0 Å². The standard InChI is InChI=1S/C19H21N3/c1-13-5-8-16-17(11-13)21-19(20-16)15-7-6-14(2)18(12-15)22-9-3-4-10-22/h5-8,11-12H,3-4,9-10H2,1-2H3,(H,20,21). The molecular weight excluding hydrogens is 270 g/mol. The molecule has 1 aliphatic heterocycles. The lowest BCUT2D eigenvalue weighted by atomic mass is 10.1. The SMILES string of the molecule is Cc1ccc2nc(-c3ccc(C)c(N4CCCC4)c3)[nH]c2c1. The van der Waals surface area contributed by atoms with Gasteiger partial charge in [-0.1, -0.05) is 18.2 Å². The first-order valence-corrected chi connectivity index (χ1v) is 8.03. The lowest BCUT2D eigenvalue weighted by molar-refractivity contribution is 0.949. The molecule has 0 saturated carbocycles. The Balaban J connectivity index is 1.78. The second-order valence-electron chi connectivity index (χ2n) is 6.30. The number of H-pyrrole nitrogens is 1. The maximum Gasteiger partial charge on any atom is 0.138 e. The Kier molecular flexibility index (Phi) is 3.14. The molecule has 0 amide bonds. The van der Waals surface area contributed by atoms with Crippen molar-refractivity contribution >= 4 is 16.7 Å². The summed E-state index contributed by atoms with van der Waals surface area (Å²) in [5.74, 6) is 0.959. The largest absolute Gasteiger partial charge is 0.371 e. The first-order chi connectivity index (χ1) is 10.7. The maximum absolute atomic E-state index is 4.75. The van der Waals surface area contributed by atoms with Gasteiger partial charge >= 0.3 is 0 Å². The van der Waals surface area contributed by atoms with Gasteiger partial charge in [-0.05, 0) is 56.0 Å². The molecule has 0 aliphatic carbocycles. The van der Waals surface area contributed by atoms with Crippen LogP contribution < -0.4 is 4.90 Å². The van der Waals surface area contributed by atoms with Crippen molar-refractivity contribution in [3.05, 3.63) is 47.5 Å². The van der Waals surface area contributed by atoms with Crippen LogP contribution in [0.1, 0.15) is 24.0 Å². The summed E-state index contributed by atoms with van der Waals surface area (Å²) in [7, 11) is 0. The molecule has 0 spiro atoms. The lowest BCUT2D eigenvalue weighted by Crippen LogP contribution is -2.18. The third-order valence-electron chi connectivity index (χ3n) is 4.57. The molecule has 0 bridgehead atoms. The summed E-state index contributed by atoms with van der Waals surface area (Å²) in [5, 5.41) is 0. The molecule has 1 aliphatic rings. The number of aromatic amines is 1. The molecule has 1 saturated heterocycles. The highest BCUT2D eigenvalue weighted by Gasteiger charge is 2.16. The molecule has 1 aromatic heterocycles. The summed E-state index contributed by atoms with van der Waals surface area (Å²) in [6, 6.07) is 13.0. The van der Waals surface area contributed by atoms with Crippen molar-refractivity contribution in [2.24, 2.45) is 0 Å². The van der Waals surface area contributed by atoms with E-state index in [2.05, 4.69) is 60.1 Å². The summed E-state index contributed by atoms with van der Waals surface area (Å²) in [5.41, 5.74) is 7.26. The van der Waals surface area contributed by atoms with E-state index < -0.39 is 0 Å². The van der Waals surface area contributed by atoms with Gasteiger partial charge in [0.2, 0.25) is 0 Å².